The van der Waals surface area contributed by atoms with Crippen molar-refractivity contribution in [2.75, 3.05) is 33.9 Å². The second-order valence-electron chi connectivity index (χ2n) is 9.71. The van der Waals surface area contributed by atoms with Crippen LogP contribution in [0.4, 0.5) is 0 Å². The highest BCUT2D eigenvalue weighted by atomic mass is 16.7. The van der Waals surface area contributed by atoms with E-state index >= 15 is 0 Å². The molecule has 3 heterocycles. The highest BCUT2D eigenvalue weighted by Gasteiger charge is 2.57. The van der Waals surface area contributed by atoms with Gasteiger partial charge in [0.15, 0.2) is 24.6 Å². The van der Waals surface area contributed by atoms with Crippen molar-refractivity contribution in [3.63, 3.8) is 0 Å². The highest BCUT2D eigenvalue weighted by Crippen LogP contribution is 2.34. The van der Waals surface area contributed by atoms with Crippen LogP contribution in [-0.4, -0.2) is 171 Å². The Balaban J connectivity index is 1.77. The van der Waals surface area contributed by atoms with E-state index in [1.807, 2.05) is 0 Å². The molecule has 37 heavy (non-hydrogen) atoms. The van der Waals surface area contributed by atoms with Crippen molar-refractivity contribution < 1.29 is 64.5 Å². The Morgan fingerprint density at radius 3 is 1.73 bits per heavy atom. The van der Waals surface area contributed by atoms with Gasteiger partial charge in [-0.15, -0.1) is 0 Å². The molecule has 0 bridgehead atoms. The van der Waals surface area contributed by atoms with Gasteiger partial charge >= 0.3 is 0 Å². The summed E-state index contributed by atoms with van der Waals surface area (Å²) in [6.45, 7) is -2.12. The summed E-state index contributed by atoms with van der Waals surface area (Å²) in [5.41, 5.74) is 16.0. The average molecular weight is 545 g/mol. The molecule has 17 heteroatoms. The molecule has 0 saturated carbocycles. The smallest absolute Gasteiger partial charge is 0.178 e. The van der Waals surface area contributed by atoms with Gasteiger partial charge in [-0.2, -0.15) is 0 Å². The van der Waals surface area contributed by atoms with Crippen LogP contribution in [0, 0.1) is 0 Å². The predicted octanol–water partition coefficient (Wildman–Crippen LogP) is -7.78. The first-order valence-corrected chi connectivity index (χ1v) is 11.8. The standard InChI is InChI=1S/C20H40N4O13/c1-24(2)20(5-27)16(31)13(30)10(23)19(37-20)36-15-7(4-26)34-18(9(22)12(15)29)35-14-6(3-25)33-17(32)8(21)11(14)28/h6-19,25-32H,3-5,21-23H2,1-2H3/t6-,7-,8-,9-,10-,11-,12-,13-,14?,15?,16+,17-,18+,19+,20-/m1/s1. The molecule has 17 nitrogen and oxygen atoms in total. The maximum atomic E-state index is 11.0. The van der Waals surface area contributed by atoms with Gasteiger partial charge in [-0.05, 0) is 14.1 Å². The fraction of sp³-hybridized carbons (Fsp3) is 1.00. The third kappa shape index (κ3) is 5.65. The summed E-state index contributed by atoms with van der Waals surface area (Å²) in [6, 6.07) is -3.97. The summed E-state index contributed by atoms with van der Waals surface area (Å²) < 4.78 is 28.1. The summed E-state index contributed by atoms with van der Waals surface area (Å²) in [6.07, 6.45) is -16.0. The number of ether oxygens (including phenoxy) is 5. The van der Waals surface area contributed by atoms with E-state index in [0.29, 0.717) is 0 Å². The monoisotopic (exact) mass is 544 g/mol. The minimum atomic E-state index is -1.80. The zero-order valence-corrected chi connectivity index (χ0v) is 20.5. The van der Waals surface area contributed by atoms with E-state index < -0.39 is 111 Å². The first kappa shape index (κ1) is 30.9. The van der Waals surface area contributed by atoms with Crippen molar-refractivity contribution in [1.29, 1.82) is 0 Å². The number of nitrogens with two attached hydrogens (primary N) is 3. The normalized spacial score (nSPS) is 51.4. The fourth-order valence-corrected chi connectivity index (χ4v) is 4.71. The molecule has 3 aliphatic heterocycles. The van der Waals surface area contributed by atoms with E-state index in [4.69, 9.17) is 40.9 Å². The molecule has 3 fully saturated rings. The van der Waals surface area contributed by atoms with Crippen LogP contribution in [-0.2, 0) is 23.7 Å². The molecule has 0 aromatic rings. The van der Waals surface area contributed by atoms with Crippen LogP contribution in [0.15, 0.2) is 0 Å². The molecule has 0 amide bonds. The van der Waals surface area contributed by atoms with Gasteiger partial charge < -0.3 is 81.7 Å². The second kappa shape index (κ2) is 12.2. The fourth-order valence-electron chi connectivity index (χ4n) is 4.71. The lowest BCUT2D eigenvalue weighted by molar-refractivity contribution is -0.377. The quantitative estimate of drug-likeness (QED) is 0.135. The Labute approximate surface area is 212 Å². The highest BCUT2D eigenvalue weighted by molar-refractivity contribution is 5.02. The number of nitrogens with zero attached hydrogens (tertiary/aromatic N) is 1. The molecule has 0 aromatic heterocycles. The molecule has 3 rings (SSSR count). The molecular weight excluding hydrogens is 504 g/mol. The van der Waals surface area contributed by atoms with Crippen LogP contribution in [0.3, 0.4) is 0 Å². The van der Waals surface area contributed by atoms with Gasteiger partial charge in [-0.3, -0.25) is 4.90 Å². The maximum absolute atomic E-state index is 11.0. The SMILES string of the molecule is CN(C)[C@]1(CO)O[C@H](OC2[C@@H](CO)O[C@@H](OC3[C@@H](CO)O[C@@H](O)[C@H](N)[C@H]3O)[C@H](N)[C@H]2O)[C@H](N)[C@@H](O)[C@@H]1O. The van der Waals surface area contributed by atoms with Crippen molar-refractivity contribution in [2.24, 2.45) is 17.2 Å². The summed E-state index contributed by atoms with van der Waals surface area (Å²) in [7, 11) is 2.97. The van der Waals surface area contributed by atoms with Crippen molar-refractivity contribution >= 4 is 0 Å². The predicted molar refractivity (Wildman–Crippen MR) is 120 cm³/mol. The largest absolute Gasteiger partial charge is 0.394 e. The van der Waals surface area contributed by atoms with Crippen LogP contribution in [0.1, 0.15) is 0 Å². The number of aliphatic hydroxyl groups excluding tert-OH is 8. The average Bonchev–Trinajstić information content (AvgIpc) is 2.88. The summed E-state index contributed by atoms with van der Waals surface area (Å²) in [5, 5.41) is 81.7. The van der Waals surface area contributed by atoms with Gasteiger partial charge in [0, 0.05) is 0 Å². The third-order valence-electron chi connectivity index (χ3n) is 7.20. The van der Waals surface area contributed by atoms with E-state index in [9.17, 15) is 40.9 Å². The maximum Gasteiger partial charge on any atom is 0.178 e. The van der Waals surface area contributed by atoms with Gasteiger partial charge in [0.05, 0.1) is 37.9 Å². The summed E-state index contributed by atoms with van der Waals surface area (Å²) in [4.78, 5) is 1.33. The van der Waals surface area contributed by atoms with Gasteiger partial charge in [0.1, 0.15) is 48.8 Å². The van der Waals surface area contributed by atoms with Crippen LogP contribution in [0.5, 0.6) is 0 Å². The van der Waals surface area contributed by atoms with Gasteiger partial charge in [0.25, 0.3) is 0 Å². The number of rotatable bonds is 8. The lowest BCUT2D eigenvalue weighted by atomic mass is 9.91. The molecule has 218 valence electrons. The zero-order chi connectivity index (χ0) is 27.8. The molecule has 0 spiro atoms. The van der Waals surface area contributed by atoms with Crippen LogP contribution >= 0.6 is 0 Å². The van der Waals surface area contributed by atoms with Crippen LogP contribution in [0.25, 0.3) is 0 Å². The van der Waals surface area contributed by atoms with Crippen LogP contribution in [0.2, 0.25) is 0 Å². The number of hydrogen-bond acceptors (Lipinski definition) is 17. The molecule has 2 unspecified atom stereocenters. The van der Waals surface area contributed by atoms with E-state index in [0.717, 1.165) is 0 Å². The number of aliphatic hydroxyl groups is 8. The summed E-state index contributed by atoms with van der Waals surface area (Å²) in [5.74, 6) is 0. The first-order valence-electron chi connectivity index (χ1n) is 11.8. The topological polar surface area (TPSA) is 289 Å². The summed E-state index contributed by atoms with van der Waals surface area (Å²) >= 11 is 0. The minimum absolute atomic E-state index is 0.658. The van der Waals surface area contributed by atoms with E-state index in [-0.39, 0.29) is 0 Å². The zero-order valence-electron chi connectivity index (χ0n) is 20.5. The van der Waals surface area contributed by atoms with Gasteiger partial charge in [-0.25, -0.2) is 0 Å². The molecule has 0 aromatic carbocycles. The molecule has 0 radical (unpaired) electrons. The molecular formula is C20H40N4O13. The number of hydrogen-bond donors (Lipinski definition) is 11. The van der Waals surface area contributed by atoms with E-state index in [1.54, 1.807) is 0 Å². The number of likely N-dealkylation sites (N-methyl/N-ethyl adjacent to an activating group) is 1. The Morgan fingerprint density at radius 2 is 1.22 bits per heavy atom. The molecule has 14 N–H and O–H groups in total. The first-order chi connectivity index (χ1) is 17.3. The van der Waals surface area contributed by atoms with Crippen molar-refractivity contribution in [3.05, 3.63) is 0 Å². The van der Waals surface area contributed by atoms with Crippen molar-refractivity contribution in [3.8, 4) is 0 Å². The molecule has 0 aliphatic carbocycles. The second-order valence-corrected chi connectivity index (χ2v) is 9.71. The third-order valence-corrected chi connectivity index (χ3v) is 7.20. The molecule has 3 aliphatic rings. The van der Waals surface area contributed by atoms with Gasteiger partial charge in [-0.1, -0.05) is 0 Å². The molecule has 15 atom stereocenters. The Morgan fingerprint density at radius 1 is 0.730 bits per heavy atom. The Bertz CT molecular complexity index is 738. The molecule has 3 saturated heterocycles. The van der Waals surface area contributed by atoms with Crippen molar-refractivity contribution in [2.45, 2.75) is 91.6 Å². The lowest BCUT2D eigenvalue weighted by Gasteiger charge is -2.53. The Kier molecular flexibility index (Phi) is 10.2. The minimum Gasteiger partial charge on any atom is -0.394 e. The van der Waals surface area contributed by atoms with E-state index in [2.05, 4.69) is 0 Å². The van der Waals surface area contributed by atoms with E-state index in [1.165, 1.54) is 19.0 Å². The van der Waals surface area contributed by atoms with Gasteiger partial charge in [0.2, 0.25) is 0 Å². The lowest BCUT2D eigenvalue weighted by Crippen LogP contribution is -2.74. The Hall–Kier alpha value is -0.680. The van der Waals surface area contributed by atoms with Crippen LogP contribution < -0.4 is 17.2 Å². The van der Waals surface area contributed by atoms with Crippen molar-refractivity contribution in [1.82, 2.24) is 4.90 Å².